The fourth-order valence-corrected chi connectivity index (χ4v) is 2.59. The number of hydrogen-bond donors (Lipinski definition) is 1. The van der Waals surface area contributed by atoms with E-state index in [0.717, 1.165) is 23.1 Å². The summed E-state index contributed by atoms with van der Waals surface area (Å²) in [4.78, 5) is 4.16. The van der Waals surface area contributed by atoms with Gasteiger partial charge in [0, 0.05) is 29.5 Å². The smallest absolute Gasteiger partial charge is 0.0757 e. The second-order valence-corrected chi connectivity index (χ2v) is 5.55. The lowest BCUT2D eigenvalue weighted by Gasteiger charge is -2.23. The molecule has 17 heavy (non-hydrogen) atoms. The Bertz CT molecular complexity index is 368. The monoisotopic (exact) mass is 298 g/mol. The lowest BCUT2D eigenvalue weighted by Crippen LogP contribution is -2.40. The Labute approximate surface area is 111 Å². The van der Waals surface area contributed by atoms with Crippen LogP contribution in [0, 0.1) is 5.92 Å². The number of ether oxygens (including phenoxy) is 1. The molecular formula is C13H19BrN2O. The number of nitrogens with two attached hydrogens (primary N) is 1. The van der Waals surface area contributed by atoms with Gasteiger partial charge in [0.15, 0.2) is 0 Å². The summed E-state index contributed by atoms with van der Waals surface area (Å²) in [5, 5.41) is 0. The molecule has 2 rings (SSSR count). The Hall–Kier alpha value is -0.450. The van der Waals surface area contributed by atoms with Crippen LogP contribution in [0.4, 0.5) is 0 Å². The highest BCUT2D eigenvalue weighted by molar-refractivity contribution is 9.10. The van der Waals surface area contributed by atoms with E-state index in [1.165, 1.54) is 12.8 Å². The molecule has 0 amide bonds. The van der Waals surface area contributed by atoms with Gasteiger partial charge in [-0.2, -0.15) is 0 Å². The third-order valence-electron chi connectivity index (χ3n) is 3.10. The zero-order valence-electron chi connectivity index (χ0n) is 10.1. The van der Waals surface area contributed by atoms with Crippen LogP contribution in [0.5, 0.6) is 0 Å². The van der Waals surface area contributed by atoms with Crippen LogP contribution in [0.25, 0.3) is 0 Å². The Kier molecular flexibility index (Phi) is 4.54. The van der Waals surface area contributed by atoms with E-state index in [1.807, 2.05) is 13.1 Å². The number of nitrogens with zero attached hydrogens (tertiary/aromatic N) is 1. The van der Waals surface area contributed by atoms with E-state index < -0.39 is 0 Å². The normalized spacial score (nSPS) is 19.0. The summed E-state index contributed by atoms with van der Waals surface area (Å²) in [7, 11) is 0. The second kappa shape index (κ2) is 5.94. The lowest BCUT2D eigenvalue weighted by molar-refractivity contribution is 0.0288. The SMILES string of the molecule is CCOC(C(N)Cc1cncc(Br)c1)C1CC1. The Morgan fingerprint density at radius 2 is 2.29 bits per heavy atom. The summed E-state index contributed by atoms with van der Waals surface area (Å²) in [5.74, 6) is 0.671. The molecular weight excluding hydrogens is 280 g/mol. The number of aromatic nitrogens is 1. The quantitative estimate of drug-likeness (QED) is 0.878. The molecule has 1 aliphatic carbocycles. The van der Waals surface area contributed by atoms with E-state index in [4.69, 9.17) is 10.5 Å². The van der Waals surface area contributed by atoms with Crippen molar-refractivity contribution in [1.82, 2.24) is 4.98 Å². The van der Waals surface area contributed by atoms with Gasteiger partial charge in [-0.1, -0.05) is 0 Å². The summed E-state index contributed by atoms with van der Waals surface area (Å²) in [6.45, 7) is 2.77. The van der Waals surface area contributed by atoms with Gasteiger partial charge in [-0.15, -0.1) is 0 Å². The van der Waals surface area contributed by atoms with E-state index in [2.05, 4.69) is 27.0 Å². The molecule has 0 aromatic carbocycles. The third kappa shape index (κ3) is 3.76. The van der Waals surface area contributed by atoms with Crippen molar-refractivity contribution < 1.29 is 4.74 Å². The van der Waals surface area contributed by atoms with E-state index in [0.29, 0.717) is 5.92 Å². The molecule has 0 bridgehead atoms. The minimum Gasteiger partial charge on any atom is -0.377 e. The molecule has 0 spiro atoms. The van der Waals surface area contributed by atoms with E-state index in [1.54, 1.807) is 6.20 Å². The molecule has 0 saturated heterocycles. The second-order valence-electron chi connectivity index (χ2n) is 4.64. The van der Waals surface area contributed by atoms with Crippen LogP contribution in [-0.2, 0) is 11.2 Å². The first-order valence-electron chi connectivity index (χ1n) is 6.17. The number of rotatable bonds is 6. The van der Waals surface area contributed by atoms with Crippen LogP contribution >= 0.6 is 15.9 Å². The van der Waals surface area contributed by atoms with Gasteiger partial charge >= 0.3 is 0 Å². The minimum absolute atomic E-state index is 0.0681. The Balaban J connectivity index is 1.96. The molecule has 1 heterocycles. The van der Waals surface area contributed by atoms with Gasteiger partial charge < -0.3 is 10.5 Å². The molecule has 2 N–H and O–H groups in total. The maximum atomic E-state index is 6.26. The summed E-state index contributed by atoms with van der Waals surface area (Å²) < 4.78 is 6.77. The molecule has 2 atom stereocenters. The molecule has 3 nitrogen and oxygen atoms in total. The molecule has 2 unspecified atom stereocenters. The predicted molar refractivity (Wildman–Crippen MR) is 71.8 cm³/mol. The molecule has 1 aliphatic rings. The minimum atomic E-state index is 0.0681. The maximum Gasteiger partial charge on any atom is 0.0757 e. The average Bonchev–Trinajstić information content (AvgIpc) is 3.09. The largest absolute Gasteiger partial charge is 0.377 e. The van der Waals surface area contributed by atoms with Crippen LogP contribution in [-0.4, -0.2) is 23.7 Å². The summed E-state index contributed by atoms with van der Waals surface area (Å²) in [5.41, 5.74) is 7.42. The zero-order valence-corrected chi connectivity index (χ0v) is 11.7. The van der Waals surface area contributed by atoms with E-state index in [-0.39, 0.29) is 12.1 Å². The molecule has 94 valence electrons. The van der Waals surface area contributed by atoms with Gasteiger partial charge in [0.2, 0.25) is 0 Å². The molecule has 0 aliphatic heterocycles. The Morgan fingerprint density at radius 1 is 1.53 bits per heavy atom. The highest BCUT2D eigenvalue weighted by atomic mass is 79.9. The summed E-state index contributed by atoms with van der Waals surface area (Å²) in [6, 6.07) is 2.14. The fraction of sp³-hybridized carbons (Fsp3) is 0.615. The first kappa shape index (κ1) is 13.0. The molecule has 1 aromatic heterocycles. The van der Waals surface area contributed by atoms with Gasteiger partial charge in [0.25, 0.3) is 0 Å². The predicted octanol–water partition coefficient (Wildman–Crippen LogP) is 2.53. The molecule has 1 fully saturated rings. The van der Waals surface area contributed by atoms with Crippen LogP contribution in [0.1, 0.15) is 25.3 Å². The van der Waals surface area contributed by atoms with Crippen LogP contribution in [0.3, 0.4) is 0 Å². The van der Waals surface area contributed by atoms with Crippen molar-refractivity contribution in [1.29, 1.82) is 0 Å². The average molecular weight is 299 g/mol. The lowest BCUT2D eigenvalue weighted by atomic mass is 10.00. The molecule has 1 aromatic rings. The van der Waals surface area contributed by atoms with Gasteiger partial charge in [0.05, 0.1) is 6.10 Å². The van der Waals surface area contributed by atoms with Crippen molar-refractivity contribution in [2.45, 2.75) is 38.3 Å². The number of hydrogen-bond acceptors (Lipinski definition) is 3. The topological polar surface area (TPSA) is 48.1 Å². The van der Waals surface area contributed by atoms with Crippen molar-refractivity contribution in [3.05, 3.63) is 28.5 Å². The van der Waals surface area contributed by atoms with Gasteiger partial charge in [0.1, 0.15) is 0 Å². The number of pyridine rings is 1. The first-order chi connectivity index (χ1) is 8.20. The number of halogens is 1. The molecule has 4 heteroatoms. The maximum absolute atomic E-state index is 6.26. The molecule has 0 radical (unpaired) electrons. The van der Waals surface area contributed by atoms with Crippen molar-refractivity contribution in [3.8, 4) is 0 Å². The van der Waals surface area contributed by atoms with Crippen molar-refractivity contribution in [2.75, 3.05) is 6.61 Å². The van der Waals surface area contributed by atoms with Crippen molar-refractivity contribution in [3.63, 3.8) is 0 Å². The zero-order chi connectivity index (χ0) is 12.3. The van der Waals surface area contributed by atoms with Gasteiger partial charge in [-0.05, 0) is 59.7 Å². The van der Waals surface area contributed by atoms with E-state index >= 15 is 0 Å². The fourth-order valence-electron chi connectivity index (χ4n) is 2.18. The summed E-state index contributed by atoms with van der Waals surface area (Å²) in [6.07, 6.45) is 7.22. The van der Waals surface area contributed by atoms with Crippen LogP contribution < -0.4 is 5.73 Å². The molecule has 1 saturated carbocycles. The van der Waals surface area contributed by atoms with Crippen LogP contribution in [0.2, 0.25) is 0 Å². The van der Waals surface area contributed by atoms with Crippen LogP contribution in [0.15, 0.2) is 22.9 Å². The first-order valence-corrected chi connectivity index (χ1v) is 6.96. The highest BCUT2D eigenvalue weighted by Crippen LogP contribution is 2.36. The highest BCUT2D eigenvalue weighted by Gasteiger charge is 2.35. The Morgan fingerprint density at radius 3 is 2.88 bits per heavy atom. The summed E-state index contributed by atoms with van der Waals surface area (Å²) >= 11 is 3.43. The van der Waals surface area contributed by atoms with E-state index in [9.17, 15) is 0 Å². The van der Waals surface area contributed by atoms with Crippen molar-refractivity contribution >= 4 is 15.9 Å². The van der Waals surface area contributed by atoms with Crippen molar-refractivity contribution in [2.24, 2.45) is 11.7 Å². The third-order valence-corrected chi connectivity index (χ3v) is 3.53. The van der Waals surface area contributed by atoms with Gasteiger partial charge in [-0.3, -0.25) is 4.98 Å². The van der Waals surface area contributed by atoms with Gasteiger partial charge in [-0.25, -0.2) is 0 Å². The standard InChI is InChI=1S/C13H19BrN2O/c1-2-17-13(10-3-4-10)12(15)6-9-5-11(14)8-16-7-9/h5,7-8,10,12-13H,2-4,6,15H2,1H3.